The maximum absolute atomic E-state index is 12.0. The number of carbonyl (C=O) groups excluding carboxylic acids is 1. The molecule has 0 aliphatic carbocycles. The highest BCUT2D eigenvalue weighted by molar-refractivity contribution is 6.16. The highest BCUT2D eigenvalue weighted by atomic mass is 16.1. The second kappa shape index (κ2) is 3.94. The number of aromatic nitrogens is 1. The third-order valence-corrected chi connectivity index (χ3v) is 3.85. The fourth-order valence-corrected chi connectivity index (χ4v) is 2.99. The molecule has 0 saturated heterocycles. The first-order valence-corrected chi connectivity index (χ1v) is 6.68. The van der Waals surface area contributed by atoms with E-state index in [0.29, 0.717) is 0 Å². The van der Waals surface area contributed by atoms with Gasteiger partial charge in [-0.05, 0) is 29.0 Å². The number of carbonyl (C=O) groups is 1. The van der Waals surface area contributed by atoms with E-state index in [1.165, 1.54) is 5.39 Å². The molecular weight excluding hydrogens is 246 g/mol. The molecule has 1 heterocycles. The van der Waals surface area contributed by atoms with Crippen LogP contribution in [0.4, 0.5) is 0 Å². The van der Waals surface area contributed by atoms with Gasteiger partial charge in [0.05, 0.1) is 11.0 Å². The van der Waals surface area contributed by atoms with Crippen LogP contribution in [-0.4, -0.2) is 10.5 Å². The van der Waals surface area contributed by atoms with Gasteiger partial charge in [-0.3, -0.25) is 9.36 Å². The predicted molar refractivity (Wildman–Crippen MR) is 83.3 cm³/mol. The van der Waals surface area contributed by atoms with E-state index >= 15 is 0 Å². The first-order valence-electron chi connectivity index (χ1n) is 6.68. The minimum atomic E-state index is 0.0477. The third kappa shape index (κ3) is 1.42. The molecule has 20 heavy (non-hydrogen) atoms. The molecule has 0 amide bonds. The minimum Gasteiger partial charge on any atom is -0.280 e. The molecule has 2 heteroatoms. The van der Waals surface area contributed by atoms with Crippen molar-refractivity contribution in [3.63, 3.8) is 0 Å². The Bertz CT molecular complexity index is 979. The van der Waals surface area contributed by atoms with Crippen molar-refractivity contribution in [1.29, 1.82) is 0 Å². The fraction of sp³-hybridized carbons (Fsp3) is 0.0556. The lowest BCUT2D eigenvalue weighted by Crippen LogP contribution is -2.04. The zero-order valence-corrected chi connectivity index (χ0v) is 11.1. The molecule has 0 bridgehead atoms. The monoisotopic (exact) mass is 259 g/mol. The van der Waals surface area contributed by atoms with Crippen LogP contribution in [-0.2, 0) is 0 Å². The number of fused-ring (bicyclic) bond motifs is 4. The molecule has 0 fully saturated rings. The van der Waals surface area contributed by atoms with Crippen molar-refractivity contribution in [2.24, 2.45) is 0 Å². The second-order valence-corrected chi connectivity index (χ2v) is 5.09. The van der Waals surface area contributed by atoms with Gasteiger partial charge in [0.1, 0.15) is 0 Å². The number of rotatable bonds is 0. The summed E-state index contributed by atoms with van der Waals surface area (Å²) in [6, 6.07) is 20.6. The highest BCUT2D eigenvalue weighted by Crippen LogP contribution is 2.32. The molecule has 4 aromatic rings. The van der Waals surface area contributed by atoms with Crippen molar-refractivity contribution in [2.45, 2.75) is 6.92 Å². The summed E-state index contributed by atoms with van der Waals surface area (Å²) >= 11 is 0. The first kappa shape index (κ1) is 11.2. The van der Waals surface area contributed by atoms with E-state index in [9.17, 15) is 4.79 Å². The second-order valence-electron chi connectivity index (χ2n) is 5.09. The van der Waals surface area contributed by atoms with Gasteiger partial charge in [0.25, 0.3) is 0 Å². The topological polar surface area (TPSA) is 22.0 Å². The summed E-state index contributed by atoms with van der Waals surface area (Å²) in [5.41, 5.74) is 1.96. The molecule has 1 aromatic heterocycles. The van der Waals surface area contributed by atoms with Gasteiger partial charge in [-0.25, -0.2) is 0 Å². The zero-order chi connectivity index (χ0) is 13.7. The lowest BCUT2D eigenvalue weighted by molar-refractivity contribution is 0.0946. The maximum atomic E-state index is 12.0. The molecule has 3 aromatic carbocycles. The van der Waals surface area contributed by atoms with Gasteiger partial charge >= 0.3 is 0 Å². The van der Waals surface area contributed by atoms with Crippen LogP contribution in [0, 0.1) is 0 Å². The Kier molecular flexibility index (Phi) is 2.21. The van der Waals surface area contributed by atoms with Crippen molar-refractivity contribution < 1.29 is 4.79 Å². The molecule has 0 saturated carbocycles. The van der Waals surface area contributed by atoms with Crippen molar-refractivity contribution in [2.75, 3.05) is 0 Å². The van der Waals surface area contributed by atoms with E-state index in [2.05, 4.69) is 30.3 Å². The molecule has 0 N–H and O–H groups in total. The Labute approximate surface area is 116 Å². The Hall–Kier alpha value is -2.61. The van der Waals surface area contributed by atoms with Gasteiger partial charge in [0.15, 0.2) is 0 Å². The average molecular weight is 259 g/mol. The Morgan fingerprint density at radius 3 is 2.20 bits per heavy atom. The number of para-hydroxylation sites is 1. The zero-order valence-electron chi connectivity index (χ0n) is 11.1. The normalized spacial score (nSPS) is 11.4. The number of nitrogens with zero attached hydrogens (tertiary/aromatic N) is 1. The minimum absolute atomic E-state index is 0.0477. The average Bonchev–Trinajstić information content (AvgIpc) is 2.78. The van der Waals surface area contributed by atoms with E-state index in [-0.39, 0.29) is 5.91 Å². The fourth-order valence-electron chi connectivity index (χ4n) is 2.99. The van der Waals surface area contributed by atoms with Gasteiger partial charge in [0, 0.05) is 17.7 Å². The summed E-state index contributed by atoms with van der Waals surface area (Å²) in [4.78, 5) is 12.0. The smallest absolute Gasteiger partial charge is 0.228 e. The molecule has 4 rings (SSSR count). The number of benzene rings is 3. The summed E-state index contributed by atoms with van der Waals surface area (Å²) in [7, 11) is 0. The van der Waals surface area contributed by atoms with E-state index in [4.69, 9.17) is 0 Å². The third-order valence-electron chi connectivity index (χ3n) is 3.85. The molecular formula is C18H13NO. The summed E-state index contributed by atoms with van der Waals surface area (Å²) < 4.78 is 1.80. The van der Waals surface area contributed by atoms with Crippen LogP contribution in [0.25, 0.3) is 32.6 Å². The maximum Gasteiger partial charge on any atom is 0.228 e. The Morgan fingerprint density at radius 2 is 1.45 bits per heavy atom. The molecule has 0 unspecified atom stereocenters. The number of hydrogen-bond acceptors (Lipinski definition) is 1. The van der Waals surface area contributed by atoms with Crippen LogP contribution in [0.3, 0.4) is 0 Å². The lowest BCUT2D eigenvalue weighted by Gasteiger charge is -2.03. The van der Waals surface area contributed by atoms with E-state index in [1.807, 2.05) is 30.3 Å². The van der Waals surface area contributed by atoms with Crippen LogP contribution in [0.15, 0.2) is 60.7 Å². The largest absolute Gasteiger partial charge is 0.280 e. The van der Waals surface area contributed by atoms with Crippen LogP contribution >= 0.6 is 0 Å². The molecule has 96 valence electrons. The van der Waals surface area contributed by atoms with Gasteiger partial charge in [-0.1, -0.05) is 42.5 Å². The van der Waals surface area contributed by atoms with E-state index in [1.54, 1.807) is 11.5 Å². The first-order chi connectivity index (χ1) is 9.75. The van der Waals surface area contributed by atoms with Crippen molar-refractivity contribution in [3.8, 4) is 0 Å². The van der Waals surface area contributed by atoms with Crippen LogP contribution in [0.5, 0.6) is 0 Å². The molecule has 0 atom stereocenters. The quantitative estimate of drug-likeness (QED) is 0.452. The molecule has 0 aliphatic heterocycles. The van der Waals surface area contributed by atoms with Crippen molar-refractivity contribution in [1.82, 2.24) is 4.57 Å². The summed E-state index contributed by atoms with van der Waals surface area (Å²) in [6.07, 6.45) is 0. The Morgan fingerprint density at radius 1 is 0.800 bits per heavy atom. The van der Waals surface area contributed by atoms with E-state index < -0.39 is 0 Å². The summed E-state index contributed by atoms with van der Waals surface area (Å²) in [6.45, 7) is 1.61. The van der Waals surface area contributed by atoms with Gasteiger partial charge < -0.3 is 0 Å². The van der Waals surface area contributed by atoms with Gasteiger partial charge in [-0.15, -0.1) is 0 Å². The molecule has 0 spiro atoms. The van der Waals surface area contributed by atoms with Crippen molar-refractivity contribution in [3.05, 3.63) is 60.7 Å². The summed E-state index contributed by atoms with van der Waals surface area (Å²) in [5, 5.41) is 4.62. The lowest BCUT2D eigenvalue weighted by atomic mass is 10.1. The predicted octanol–water partition coefficient (Wildman–Crippen LogP) is 4.61. The SMILES string of the molecule is CC(=O)n1c2ccccc2c2cc3ccccc3cc21. The standard InChI is InChI=1S/C18H13NO/c1-12(20)19-17-9-5-4-8-15(17)16-10-13-6-2-3-7-14(13)11-18(16)19/h2-11H,1H3. The van der Waals surface area contributed by atoms with Crippen molar-refractivity contribution >= 4 is 38.5 Å². The Balaban J connectivity index is 2.32. The highest BCUT2D eigenvalue weighted by Gasteiger charge is 2.13. The summed E-state index contributed by atoms with van der Waals surface area (Å²) in [5.74, 6) is 0.0477. The molecule has 0 radical (unpaired) electrons. The van der Waals surface area contributed by atoms with Crippen LogP contribution in [0.1, 0.15) is 11.7 Å². The van der Waals surface area contributed by atoms with Crippen LogP contribution in [0.2, 0.25) is 0 Å². The van der Waals surface area contributed by atoms with Gasteiger partial charge in [-0.2, -0.15) is 0 Å². The van der Waals surface area contributed by atoms with Crippen LogP contribution < -0.4 is 0 Å². The van der Waals surface area contributed by atoms with Gasteiger partial charge in [0.2, 0.25) is 5.91 Å². The molecule has 2 nitrogen and oxygen atoms in total. The molecule has 0 aliphatic rings. The number of hydrogen-bond donors (Lipinski definition) is 0. The van der Waals surface area contributed by atoms with E-state index in [0.717, 1.165) is 27.2 Å².